The van der Waals surface area contributed by atoms with Gasteiger partial charge in [0.1, 0.15) is 6.61 Å². The van der Waals surface area contributed by atoms with Crippen LogP contribution in [0.3, 0.4) is 0 Å². The van der Waals surface area contributed by atoms with Gasteiger partial charge in [0.15, 0.2) is 5.79 Å². The van der Waals surface area contributed by atoms with Crippen molar-refractivity contribution < 1.29 is 14.2 Å². The normalized spacial score (nSPS) is 21.6. The summed E-state index contributed by atoms with van der Waals surface area (Å²) in [4.78, 5) is 0. The molecule has 0 aromatic heterocycles. The van der Waals surface area contributed by atoms with E-state index in [-0.39, 0.29) is 5.79 Å². The molecule has 1 aromatic carbocycles. The maximum Gasteiger partial charge on any atom is 0.168 e. The van der Waals surface area contributed by atoms with Crippen LogP contribution < -0.4 is 0 Å². The predicted molar refractivity (Wildman–Crippen MR) is 76.2 cm³/mol. The largest absolute Gasteiger partial charge is 0.366 e. The molecule has 1 aliphatic carbocycles. The van der Waals surface area contributed by atoms with Crippen molar-refractivity contribution in [1.82, 2.24) is 0 Å². The van der Waals surface area contributed by atoms with Crippen LogP contribution >= 0.6 is 0 Å². The minimum Gasteiger partial charge on any atom is -0.366 e. The maximum atomic E-state index is 5.82. The molecule has 1 spiro atoms. The molecule has 2 fully saturated rings. The topological polar surface area (TPSA) is 27.7 Å². The third kappa shape index (κ3) is 3.40. The fourth-order valence-electron chi connectivity index (χ4n) is 2.80. The lowest BCUT2D eigenvalue weighted by molar-refractivity contribution is -0.190. The number of benzene rings is 1. The first-order chi connectivity index (χ1) is 9.86. The van der Waals surface area contributed by atoms with Crippen molar-refractivity contribution in [2.75, 3.05) is 19.8 Å². The highest BCUT2D eigenvalue weighted by Crippen LogP contribution is 2.36. The quantitative estimate of drug-likeness (QED) is 0.775. The van der Waals surface area contributed by atoms with Gasteiger partial charge < -0.3 is 14.2 Å². The molecule has 2 aliphatic rings. The third-order valence-electron chi connectivity index (χ3n) is 3.91. The average Bonchev–Trinajstić information content (AvgIpc) is 2.95. The van der Waals surface area contributed by atoms with Gasteiger partial charge in [0.05, 0.1) is 19.3 Å². The number of ether oxygens (including phenoxy) is 3. The van der Waals surface area contributed by atoms with Crippen LogP contribution in [0, 0.1) is 11.8 Å². The molecule has 0 radical (unpaired) electrons. The van der Waals surface area contributed by atoms with Crippen LogP contribution in [0.1, 0.15) is 31.2 Å². The Morgan fingerprint density at radius 2 is 1.80 bits per heavy atom. The summed E-state index contributed by atoms with van der Waals surface area (Å²) in [5.41, 5.74) is 1.03. The lowest BCUT2D eigenvalue weighted by Gasteiger charge is -2.34. The highest BCUT2D eigenvalue weighted by atomic mass is 16.7. The average molecular weight is 272 g/mol. The summed E-state index contributed by atoms with van der Waals surface area (Å²) in [6, 6.07) is 9.99. The van der Waals surface area contributed by atoms with Gasteiger partial charge in [-0.15, -0.1) is 0 Å². The zero-order chi connectivity index (χ0) is 13.7. The summed E-state index contributed by atoms with van der Waals surface area (Å²) in [5.74, 6) is 5.89. The molecule has 0 bridgehead atoms. The molecule has 0 amide bonds. The second-order valence-electron chi connectivity index (χ2n) is 5.29. The van der Waals surface area contributed by atoms with Gasteiger partial charge in [-0.05, 0) is 25.0 Å². The van der Waals surface area contributed by atoms with Gasteiger partial charge in [0.25, 0.3) is 0 Å². The van der Waals surface area contributed by atoms with Gasteiger partial charge >= 0.3 is 0 Å². The number of rotatable bonds is 2. The summed E-state index contributed by atoms with van der Waals surface area (Å²) in [5, 5.41) is 0. The Kier molecular flexibility index (Phi) is 4.37. The van der Waals surface area contributed by atoms with Crippen LogP contribution in [0.4, 0.5) is 0 Å². The molecule has 0 unspecified atom stereocenters. The van der Waals surface area contributed by atoms with E-state index in [2.05, 4.69) is 11.8 Å². The van der Waals surface area contributed by atoms with Gasteiger partial charge in [-0.2, -0.15) is 0 Å². The van der Waals surface area contributed by atoms with Crippen molar-refractivity contribution in [3.05, 3.63) is 35.9 Å². The van der Waals surface area contributed by atoms with Crippen LogP contribution in [-0.4, -0.2) is 31.7 Å². The summed E-state index contributed by atoms with van der Waals surface area (Å²) in [7, 11) is 0. The van der Waals surface area contributed by atoms with E-state index < -0.39 is 0 Å². The number of hydrogen-bond donors (Lipinski definition) is 0. The molecule has 1 aromatic rings. The van der Waals surface area contributed by atoms with E-state index in [9.17, 15) is 0 Å². The van der Waals surface area contributed by atoms with Crippen LogP contribution in [0.15, 0.2) is 30.3 Å². The fourth-order valence-corrected chi connectivity index (χ4v) is 2.80. The Balaban J connectivity index is 1.41. The van der Waals surface area contributed by atoms with Crippen molar-refractivity contribution in [3.8, 4) is 11.8 Å². The molecule has 1 aliphatic heterocycles. The van der Waals surface area contributed by atoms with E-state index in [1.54, 1.807) is 0 Å². The van der Waals surface area contributed by atoms with Crippen molar-refractivity contribution >= 4 is 0 Å². The second-order valence-corrected chi connectivity index (χ2v) is 5.29. The third-order valence-corrected chi connectivity index (χ3v) is 3.91. The molecule has 3 nitrogen and oxygen atoms in total. The SMILES string of the molecule is C(#Cc1ccccc1)COC1CCC2(CC1)OCCO2. The molecule has 1 heterocycles. The summed E-state index contributed by atoms with van der Waals surface area (Å²) in [6.45, 7) is 1.95. The molecule has 0 N–H and O–H groups in total. The lowest BCUT2D eigenvalue weighted by atomic mass is 9.92. The first-order valence-corrected chi connectivity index (χ1v) is 7.30. The van der Waals surface area contributed by atoms with Gasteiger partial charge in [-0.1, -0.05) is 30.0 Å². The Bertz CT molecular complexity index is 470. The van der Waals surface area contributed by atoms with Gasteiger partial charge in [-0.3, -0.25) is 0 Å². The summed E-state index contributed by atoms with van der Waals surface area (Å²) >= 11 is 0. The van der Waals surface area contributed by atoms with Crippen LogP contribution in [-0.2, 0) is 14.2 Å². The molecule has 106 valence electrons. The van der Waals surface area contributed by atoms with E-state index in [4.69, 9.17) is 14.2 Å². The Morgan fingerprint density at radius 3 is 2.50 bits per heavy atom. The molecule has 20 heavy (non-hydrogen) atoms. The van der Waals surface area contributed by atoms with Gasteiger partial charge in [0.2, 0.25) is 0 Å². The Labute approximate surface area is 120 Å². The zero-order valence-corrected chi connectivity index (χ0v) is 11.6. The highest BCUT2D eigenvalue weighted by Gasteiger charge is 2.40. The maximum absolute atomic E-state index is 5.82. The molecule has 1 saturated heterocycles. The van der Waals surface area contributed by atoms with E-state index in [0.29, 0.717) is 12.7 Å². The number of hydrogen-bond acceptors (Lipinski definition) is 3. The van der Waals surface area contributed by atoms with Crippen LogP contribution in [0.5, 0.6) is 0 Å². The lowest BCUT2D eigenvalue weighted by Crippen LogP contribution is -2.37. The smallest absolute Gasteiger partial charge is 0.168 e. The monoisotopic (exact) mass is 272 g/mol. The van der Waals surface area contributed by atoms with E-state index in [1.165, 1.54) is 0 Å². The van der Waals surface area contributed by atoms with E-state index in [0.717, 1.165) is 44.5 Å². The minimum absolute atomic E-state index is 0.290. The van der Waals surface area contributed by atoms with Gasteiger partial charge in [0, 0.05) is 18.4 Å². The van der Waals surface area contributed by atoms with Crippen LogP contribution in [0.25, 0.3) is 0 Å². The first kappa shape index (κ1) is 13.6. The molecule has 0 atom stereocenters. The molecule has 3 rings (SSSR count). The van der Waals surface area contributed by atoms with Crippen molar-refractivity contribution in [1.29, 1.82) is 0 Å². The molecular weight excluding hydrogens is 252 g/mol. The Morgan fingerprint density at radius 1 is 1.10 bits per heavy atom. The highest BCUT2D eigenvalue weighted by molar-refractivity contribution is 5.33. The van der Waals surface area contributed by atoms with Crippen molar-refractivity contribution in [3.63, 3.8) is 0 Å². The Hall–Kier alpha value is -1.34. The van der Waals surface area contributed by atoms with Crippen molar-refractivity contribution in [2.45, 2.75) is 37.6 Å². The molecular formula is C17H20O3. The second kappa shape index (κ2) is 6.41. The van der Waals surface area contributed by atoms with Gasteiger partial charge in [-0.25, -0.2) is 0 Å². The fraction of sp³-hybridized carbons (Fsp3) is 0.529. The van der Waals surface area contributed by atoms with E-state index >= 15 is 0 Å². The van der Waals surface area contributed by atoms with Crippen molar-refractivity contribution in [2.24, 2.45) is 0 Å². The van der Waals surface area contributed by atoms with Crippen LogP contribution in [0.2, 0.25) is 0 Å². The molecule has 1 saturated carbocycles. The predicted octanol–water partition coefficient (Wildman–Crippen LogP) is 2.74. The first-order valence-electron chi connectivity index (χ1n) is 7.30. The molecule has 3 heteroatoms. The summed E-state index contributed by atoms with van der Waals surface area (Å²) in [6.07, 6.45) is 4.15. The zero-order valence-electron chi connectivity index (χ0n) is 11.6. The minimum atomic E-state index is -0.296. The van der Waals surface area contributed by atoms with E-state index in [1.807, 2.05) is 30.3 Å². The summed E-state index contributed by atoms with van der Waals surface area (Å²) < 4.78 is 17.2. The standard InChI is InChI=1S/C17H20O3/c1-2-5-15(6-3-1)7-4-12-18-16-8-10-17(11-9-16)19-13-14-20-17/h1-3,5-6,16H,8-14H2.